The number of hydrogen-bond donors (Lipinski definition) is 1. The lowest BCUT2D eigenvalue weighted by atomic mass is 9.98. The summed E-state index contributed by atoms with van der Waals surface area (Å²) >= 11 is 0. The Morgan fingerprint density at radius 3 is 2.58 bits per heavy atom. The summed E-state index contributed by atoms with van der Waals surface area (Å²) < 4.78 is 2.01. The Bertz CT molecular complexity index is 636. The molecular formula is C18H29N3O3. The Kier molecular flexibility index (Phi) is 5.35. The number of amides is 1. The van der Waals surface area contributed by atoms with Crippen LogP contribution in [-0.2, 0) is 22.6 Å². The third-order valence-electron chi connectivity index (χ3n) is 5.06. The number of aryl methyl sites for hydroxylation is 1. The van der Waals surface area contributed by atoms with Crippen LogP contribution in [0.3, 0.4) is 0 Å². The van der Waals surface area contributed by atoms with E-state index >= 15 is 0 Å². The second kappa shape index (κ2) is 6.95. The first-order valence-corrected chi connectivity index (χ1v) is 8.73. The maximum absolute atomic E-state index is 12.6. The lowest BCUT2D eigenvalue weighted by Gasteiger charge is -2.31. The van der Waals surface area contributed by atoms with E-state index in [9.17, 15) is 14.7 Å². The second-order valence-corrected chi connectivity index (χ2v) is 7.45. The van der Waals surface area contributed by atoms with Crippen molar-refractivity contribution < 1.29 is 14.7 Å². The van der Waals surface area contributed by atoms with Gasteiger partial charge in [-0.05, 0) is 51.5 Å². The summed E-state index contributed by atoms with van der Waals surface area (Å²) in [5, 5.41) is 14.0. The zero-order valence-corrected chi connectivity index (χ0v) is 15.4. The summed E-state index contributed by atoms with van der Waals surface area (Å²) in [5.74, 6) is -0.475. The minimum absolute atomic E-state index is 0.0761. The number of hydrogen-bond acceptors (Lipinski definition) is 3. The van der Waals surface area contributed by atoms with Crippen molar-refractivity contribution in [3.63, 3.8) is 0 Å². The van der Waals surface area contributed by atoms with Crippen LogP contribution in [0, 0.1) is 19.8 Å². The fourth-order valence-corrected chi connectivity index (χ4v) is 3.57. The van der Waals surface area contributed by atoms with Crippen LogP contribution in [-0.4, -0.2) is 43.7 Å². The van der Waals surface area contributed by atoms with Crippen LogP contribution in [0.25, 0.3) is 0 Å². The Morgan fingerprint density at radius 2 is 2.00 bits per heavy atom. The third kappa shape index (κ3) is 3.47. The highest BCUT2D eigenvalue weighted by molar-refractivity contribution is 5.87. The number of carboxylic acids is 1. The lowest BCUT2D eigenvalue weighted by molar-refractivity contribution is -0.155. The van der Waals surface area contributed by atoms with Crippen LogP contribution in [0.2, 0.25) is 0 Å². The molecule has 1 unspecified atom stereocenters. The summed E-state index contributed by atoms with van der Waals surface area (Å²) in [7, 11) is 0. The molecule has 1 atom stereocenters. The van der Waals surface area contributed by atoms with Crippen LogP contribution in [0.4, 0.5) is 0 Å². The molecule has 2 rings (SSSR count). The highest BCUT2D eigenvalue weighted by atomic mass is 16.4. The zero-order chi connectivity index (χ0) is 18.1. The SMILES string of the molecule is Cc1nn(CC(C)C)c(C)c1CCC(=O)N1CCCC1(C)C(=O)O. The van der Waals surface area contributed by atoms with Gasteiger partial charge >= 0.3 is 5.97 Å². The van der Waals surface area contributed by atoms with Crippen LogP contribution in [0.1, 0.15) is 57.0 Å². The Balaban J connectivity index is 2.07. The number of nitrogens with zero attached hydrogens (tertiary/aromatic N) is 3. The first-order valence-electron chi connectivity index (χ1n) is 8.73. The highest BCUT2D eigenvalue weighted by Gasteiger charge is 2.45. The van der Waals surface area contributed by atoms with Gasteiger partial charge in [0.15, 0.2) is 0 Å². The Morgan fingerprint density at radius 1 is 1.33 bits per heavy atom. The van der Waals surface area contributed by atoms with E-state index in [1.807, 2.05) is 18.5 Å². The van der Waals surface area contributed by atoms with Gasteiger partial charge in [-0.2, -0.15) is 5.10 Å². The van der Waals surface area contributed by atoms with Gasteiger partial charge in [0.2, 0.25) is 5.91 Å². The van der Waals surface area contributed by atoms with Crippen LogP contribution in [0.15, 0.2) is 0 Å². The molecule has 0 spiro atoms. The second-order valence-electron chi connectivity index (χ2n) is 7.45. The van der Waals surface area contributed by atoms with Crippen molar-refractivity contribution in [3.8, 4) is 0 Å². The predicted octanol–water partition coefficient (Wildman–Crippen LogP) is 2.55. The number of carbonyl (C=O) groups excluding carboxylic acids is 1. The average Bonchev–Trinajstić information content (AvgIpc) is 2.99. The molecule has 1 aromatic rings. The fourth-order valence-electron chi connectivity index (χ4n) is 3.57. The maximum Gasteiger partial charge on any atom is 0.329 e. The topological polar surface area (TPSA) is 75.4 Å². The molecule has 2 heterocycles. The standard InChI is InChI=1S/C18H29N3O3/c1-12(2)11-21-14(4)15(13(3)19-21)7-8-16(22)20-10-6-9-18(20,5)17(23)24/h12H,6-11H2,1-5H3,(H,23,24). The van der Waals surface area contributed by atoms with Gasteiger partial charge in [-0.3, -0.25) is 9.48 Å². The molecule has 0 aliphatic carbocycles. The third-order valence-corrected chi connectivity index (χ3v) is 5.06. The van der Waals surface area contributed by atoms with Crippen molar-refractivity contribution in [2.45, 2.75) is 72.4 Å². The van der Waals surface area contributed by atoms with Gasteiger partial charge < -0.3 is 10.0 Å². The first kappa shape index (κ1) is 18.5. The number of carboxylic acid groups (broad SMARTS) is 1. The Hall–Kier alpha value is -1.85. The first-order chi connectivity index (χ1) is 11.2. The quantitative estimate of drug-likeness (QED) is 0.867. The van der Waals surface area contributed by atoms with E-state index in [1.54, 1.807) is 11.8 Å². The van der Waals surface area contributed by atoms with E-state index in [1.165, 1.54) is 0 Å². The van der Waals surface area contributed by atoms with E-state index in [4.69, 9.17) is 0 Å². The van der Waals surface area contributed by atoms with Crippen molar-refractivity contribution in [3.05, 3.63) is 17.0 Å². The maximum atomic E-state index is 12.6. The smallest absolute Gasteiger partial charge is 0.329 e. The molecule has 1 amide bonds. The van der Waals surface area contributed by atoms with E-state index in [2.05, 4.69) is 18.9 Å². The van der Waals surface area contributed by atoms with Gasteiger partial charge in [0.25, 0.3) is 0 Å². The molecule has 1 N–H and O–H groups in total. The largest absolute Gasteiger partial charge is 0.480 e. The molecule has 0 aromatic carbocycles. The number of rotatable bonds is 6. The number of aliphatic carboxylic acids is 1. The highest BCUT2D eigenvalue weighted by Crippen LogP contribution is 2.30. The minimum Gasteiger partial charge on any atom is -0.480 e. The van der Waals surface area contributed by atoms with E-state index in [0.717, 1.165) is 29.9 Å². The summed E-state index contributed by atoms with van der Waals surface area (Å²) in [6, 6.07) is 0. The van der Waals surface area contributed by atoms with E-state index < -0.39 is 11.5 Å². The molecule has 134 valence electrons. The molecule has 0 radical (unpaired) electrons. The van der Waals surface area contributed by atoms with Crippen molar-refractivity contribution in [2.75, 3.05) is 6.54 Å². The van der Waals surface area contributed by atoms with E-state index in [0.29, 0.717) is 31.7 Å². The van der Waals surface area contributed by atoms with Gasteiger partial charge in [0, 0.05) is 25.2 Å². The van der Waals surface area contributed by atoms with Crippen LogP contribution < -0.4 is 0 Å². The van der Waals surface area contributed by atoms with Gasteiger partial charge in [0.05, 0.1) is 5.69 Å². The summed E-state index contributed by atoms with van der Waals surface area (Å²) in [6.07, 6.45) is 2.22. The molecule has 1 aromatic heterocycles. The normalized spacial score (nSPS) is 20.8. The fraction of sp³-hybridized carbons (Fsp3) is 0.722. The molecule has 1 saturated heterocycles. The molecule has 1 fully saturated rings. The van der Waals surface area contributed by atoms with Gasteiger partial charge in [-0.1, -0.05) is 13.8 Å². The number of aromatic nitrogens is 2. The summed E-state index contributed by atoms with van der Waals surface area (Å²) in [6.45, 7) is 11.4. The molecular weight excluding hydrogens is 306 g/mol. The van der Waals surface area contributed by atoms with Crippen LogP contribution >= 0.6 is 0 Å². The van der Waals surface area contributed by atoms with Gasteiger partial charge in [-0.15, -0.1) is 0 Å². The van der Waals surface area contributed by atoms with Crippen molar-refractivity contribution >= 4 is 11.9 Å². The predicted molar refractivity (Wildman–Crippen MR) is 91.8 cm³/mol. The average molecular weight is 335 g/mol. The van der Waals surface area contributed by atoms with Crippen LogP contribution in [0.5, 0.6) is 0 Å². The van der Waals surface area contributed by atoms with Gasteiger partial charge in [-0.25, -0.2) is 4.79 Å². The number of carbonyl (C=O) groups is 2. The van der Waals surface area contributed by atoms with Crippen molar-refractivity contribution in [1.29, 1.82) is 0 Å². The molecule has 24 heavy (non-hydrogen) atoms. The van der Waals surface area contributed by atoms with Crippen molar-refractivity contribution in [1.82, 2.24) is 14.7 Å². The minimum atomic E-state index is -1.05. The Labute approximate surface area is 143 Å². The lowest BCUT2D eigenvalue weighted by Crippen LogP contribution is -2.50. The zero-order valence-electron chi connectivity index (χ0n) is 15.4. The summed E-state index contributed by atoms with van der Waals surface area (Å²) in [5.41, 5.74) is 2.13. The molecule has 0 saturated carbocycles. The molecule has 0 bridgehead atoms. The molecule has 6 heteroatoms. The van der Waals surface area contributed by atoms with Gasteiger partial charge in [0.1, 0.15) is 5.54 Å². The number of likely N-dealkylation sites (tertiary alicyclic amines) is 1. The monoisotopic (exact) mass is 335 g/mol. The molecule has 6 nitrogen and oxygen atoms in total. The summed E-state index contributed by atoms with van der Waals surface area (Å²) in [4.78, 5) is 25.6. The van der Waals surface area contributed by atoms with Crippen molar-refractivity contribution in [2.24, 2.45) is 5.92 Å². The van der Waals surface area contributed by atoms with E-state index in [-0.39, 0.29) is 5.91 Å². The molecule has 1 aliphatic rings. The molecule has 1 aliphatic heterocycles.